The molecule has 8 heteroatoms. The van der Waals surface area contributed by atoms with Crippen molar-refractivity contribution in [1.82, 2.24) is 20.0 Å². The number of aromatic nitrogens is 4. The fourth-order valence-electron chi connectivity index (χ4n) is 1.44. The van der Waals surface area contributed by atoms with E-state index in [2.05, 4.69) is 25.3 Å². The minimum absolute atomic E-state index is 0.00607. The van der Waals surface area contributed by atoms with Crippen molar-refractivity contribution in [2.24, 2.45) is 0 Å². The van der Waals surface area contributed by atoms with Crippen LogP contribution in [0.1, 0.15) is 16.2 Å². The highest BCUT2D eigenvalue weighted by atomic mass is 16.5. The lowest BCUT2D eigenvalue weighted by atomic mass is 10.3. The van der Waals surface area contributed by atoms with Crippen LogP contribution in [0.3, 0.4) is 0 Å². The van der Waals surface area contributed by atoms with E-state index in [1.807, 2.05) is 0 Å². The summed E-state index contributed by atoms with van der Waals surface area (Å²) in [7, 11) is 1.30. The van der Waals surface area contributed by atoms with Gasteiger partial charge < -0.3 is 10.1 Å². The third-order valence-corrected chi connectivity index (χ3v) is 2.35. The lowest BCUT2D eigenvalue weighted by Crippen LogP contribution is -2.13. The van der Waals surface area contributed by atoms with Crippen molar-refractivity contribution in [2.75, 3.05) is 12.4 Å². The van der Waals surface area contributed by atoms with Crippen LogP contribution in [0.15, 0.2) is 18.5 Å². The molecule has 0 aromatic carbocycles. The number of H-pyrrole nitrogens is 1. The van der Waals surface area contributed by atoms with E-state index in [0.29, 0.717) is 11.4 Å². The topological polar surface area (TPSA) is 102 Å². The maximum atomic E-state index is 11.8. The molecular weight excluding hydrogens is 250 g/mol. The van der Waals surface area contributed by atoms with E-state index in [1.165, 1.54) is 24.2 Å². The van der Waals surface area contributed by atoms with E-state index < -0.39 is 5.97 Å². The van der Waals surface area contributed by atoms with Gasteiger partial charge in [0.05, 0.1) is 19.0 Å². The zero-order valence-electron chi connectivity index (χ0n) is 10.5. The maximum absolute atomic E-state index is 11.8. The number of aryl methyl sites for hydroxylation is 1. The molecule has 2 aromatic heterocycles. The molecule has 0 bridgehead atoms. The van der Waals surface area contributed by atoms with Crippen molar-refractivity contribution < 1.29 is 14.3 Å². The second-order valence-corrected chi connectivity index (χ2v) is 3.89. The second-order valence-electron chi connectivity index (χ2n) is 3.89. The van der Waals surface area contributed by atoms with Gasteiger partial charge in [-0.15, -0.1) is 0 Å². The zero-order valence-corrected chi connectivity index (χ0v) is 10.5. The fraction of sp³-hybridized carbons (Fsp3) is 0.273. The Morgan fingerprint density at radius 3 is 2.95 bits per heavy atom. The summed E-state index contributed by atoms with van der Waals surface area (Å²) in [5.74, 6) is -0.758. The van der Waals surface area contributed by atoms with Gasteiger partial charge in [0.15, 0.2) is 5.69 Å². The van der Waals surface area contributed by atoms with Crippen LogP contribution < -0.4 is 5.32 Å². The van der Waals surface area contributed by atoms with Gasteiger partial charge in [0.1, 0.15) is 6.54 Å². The molecular formula is C11H13N5O3. The van der Waals surface area contributed by atoms with Crippen LogP contribution >= 0.6 is 0 Å². The average Bonchev–Trinajstić information content (AvgIpc) is 2.98. The standard InChI is InChI=1S/C11H13N5O3/c1-7-3-9(15-14-7)11(18)13-8-4-12-16(5-8)6-10(17)19-2/h3-5H,6H2,1-2H3,(H,13,18)(H,14,15). The Labute approximate surface area is 108 Å². The Balaban J connectivity index is 2.00. The summed E-state index contributed by atoms with van der Waals surface area (Å²) < 4.78 is 5.89. The Morgan fingerprint density at radius 1 is 1.53 bits per heavy atom. The predicted molar refractivity (Wildman–Crippen MR) is 65.5 cm³/mol. The van der Waals surface area contributed by atoms with Crippen LogP contribution in [-0.2, 0) is 16.1 Å². The number of esters is 1. The van der Waals surface area contributed by atoms with Crippen LogP contribution in [0.4, 0.5) is 5.69 Å². The van der Waals surface area contributed by atoms with Gasteiger partial charge in [-0.05, 0) is 13.0 Å². The minimum atomic E-state index is -0.413. The monoisotopic (exact) mass is 263 g/mol. The first-order valence-electron chi connectivity index (χ1n) is 5.51. The molecule has 2 rings (SSSR count). The number of hydrogen-bond acceptors (Lipinski definition) is 5. The SMILES string of the molecule is COC(=O)Cn1cc(NC(=O)c2cc(C)[nH]n2)cn1. The molecule has 8 nitrogen and oxygen atoms in total. The fourth-order valence-corrected chi connectivity index (χ4v) is 1.44. The summed E-state index contributed by atoms with van der Waals surface area (Å²) >= 11 is 0. The minimum Gasteiger partial charge on any atom is -0.468 e. The van der Waals surface area contributed by atoms with Gasteiger partial charge in [0, 0.05) is 11.9 Å². The van der Waals surface area contributed by atoms with E-state index >= 15 is 0 Å². The molecule has 0 unspecified atom stereocenters. The molecule has 2 aromatic rings. The number of amides is 1. The van der Waals surface area contributed by atoms with Crippen molar-refractivity contribution in [1.29, 1.82) is 0 Å². The van der Waals surface area contributed by atoms with Gasteiger partial charge >= 0.3 is 5.97 Å². The molecule has 0 aliphatic carbocycles. The van der Waals surface area contributed by atoms with E-state index in [-0.39, 0.29) is 12.5 Å². The van der Waals surface area contributed by atoms with Crippen molar-refractivity contribution in [3.05, 3.63) is 29.8 Å². The third-order valence-electron chi connectivity index (χ3n) is 2.35. The first kappa shape index (κ1) is 12.8. The molecule has 0 spiro atoms. The molecule has 0 saturated carbocycles. The normalized spacial score (nSPS) is 10.2. The Bertz CT molecular complexity index is 601. The number of anilines is 1. The zero-order chi connectivity index (χ0) is 13.8. The maximum Gasteiger partial charge on any atom is 0.327 e. The summed E-state index contributed by atoms with van der Waals surface area (Å²) in [5, 5.41) is 13.1. The third kappa shape index (κ3) is 3.18. The molecule has 0 aliphatic rings. The van der Waals surface area contributed by atoms with Crippen LogP contribution in [0.5, 0.6) is 0 Å². The summed E-state index contributed by atoms with van der Waals surface area (Å²) in [5.41, 5.74) is 1.57. The highest BCUT2D eigenvalue weighted by Gasteiger charge is 2.11. The first-order valence-corrected chi connectivity index (χ1v) is 5.51. The Morgan fingerprint density at radius 2 is 2.32 bits per heavy atom. The quantitative estimate of drug-likeness (QED) is 0.774. The molecule has 100 valence electrons. The lowest BCUT2D eigenvalue weighted by molar-refractivity contribution is -0.141. The number of ether oxygens (including phenoxy) is 1. The average molecular weight is 263 g/mol. The van der Waals surface area contributed by atoms with Crippen molar-refractivity contribution in [3.63, 3.8) is 0 Å². The first-order chi connectivity index (χ1) is 9.08. The number of nitrogens with one attached hydrogen (secondary N) is 2. The van der Waals surface area contributed by atoms with Crippen LogP contribution in [0.25, 0.3) is 0 Å². The highest BCUT2D eigenvalue weighted by molar-refractivity contribution is 6.02. The van der Waals surface area contributed by atoms with Gasteiger partial charge in [-0.25, -0.2) is 0 Å². The molecule has 0 fully saturated rings. The predicted octanol–water partition coefficient (Wildman–Crippen LogP) is 0.340. The number of hydrogen-bond donors (Lipinski definition) is 2. The molecule has 19 heavy (non-hydrogen) atoms. The molecule has 2 N–H and O–H groups in total. The smallest absolute Gasteiger partial charge is 0.327 e. The number of carbonyl (C=O) groups excluding carboxylic acids is 2. The van der Waals surface area contributed by atoms with Gasteiger partial charge in [-0.2, -0.15) is 10.2 Å². The molecule has 2 heterocycles. The van der Waals surface area contributed by atoms with Crippen molar-refractivity contribution in [2.45, 2.75) is 13.5 Å². The summed E-state index contributed by atoms with van der Waals surface area (Å²) in [4.78, 5) is 22.8. The van der Waals surface area contributed by atoms with Crippen molar-refractivity contribution >= 4 is 17.6 Å². The van der Waals surface area contributed by atoms with Gasteiger partial charge in [-0.1, -0.05) is 0 Å². The van der Waals surface area contributed by atoms with Crippen LogP contribution in [0.2, 0.25) is 0 Å². The van der Waals surface area contributed by atoms with Crippen LogP contribution in [0, 0.1) is 6.92 Å². The number of rotatable bonds is 4. The largest absolute Gasteiger partial charge is 0.468 e. The highest BCUT2D eigenvalue weighted by Crippen LogP contribution is 2.07. The van der Waals surface area contributed by atoms with Gasteiger partial charge in [-0.3, -0.25) is 19.4 Å². The van der Waals surface area contributed by atoms with E-state index in [1.54, 1.807) is 13.0 Å². The number of nitrogens with zero attached hydrogens (tertiary/aromatic N) is 3. The molecule has 0 saturated heterocycles. The van der Waals surface area contributed by atoms with Gasteiger partial charge in [0.25, 0.3) is 5.91 Å². The van der Waals surface area contributed by atoms with E-state index in [9.17, 15) is 9.59 Å². The van der Waals surface area contributed by atoms with Gasteiger partial charge in [0.2, 0.25) is 0 Å². The Kier molecular flexibility index (Phi) is 3.60. The second kappa shape index (κ2) is 5.34. The molecule has 1 amide bonds. The molecule has 0 atom stereocenters. The summed E-state index contributed by atoms with van der Waals surface area (Å²) in [6, 6.07) is 1.63. The summed E-state index contributed by atoms with van der Waals surface area (Å²) in [6.45, 7) is 1.80. The summed E-state index contributed by atoms with van der Waals surface area (Å²) in [6.07, 6.45) is 2.98. The number of carbonyl (C=O) groups is 2. The van der Waals surface area contributed by atoms with Crippen molar-refractivity contribution in [3.8, 4) is 0 Å². The van der Waals surface area contributed by atoms with Crippen LogP contribution in [-0.4, -0.2) is 39.0 Å². The Hall–Kier alpha value is -2.64. The number of methoxy groups -OCH3 is 1. The number of aromatic amines is 1. The van der Waals surface area contributed by atoms with E-state index in [4.69, 9.17) is 0 Å². The molecule has 0 radical (unpaired) electrons. The van der Waals surface area contributed by atoms with E-state index in [0.717, 1.165) is 5.69 Å². The molecule has 0 aliphatic heterocycles. The lowest BCUT2D eigenvalue weighted by Gasteiger charge is -1.99.